The van der Waals surface area contributed by atoms with E-state index in [0.717, 1.165) is 5.56 Å². The number of amides is 2. The van der Waals surface area contributed by atoms with Crippen LogP contribution in [0.2, 0.25) is 5.02 Å². The lowest BCUT2D eigenvalue weighted by Crippen LogP contribution is -2.53. The first-order valence-corrected chi connectivity index (χ1v) is 10.4. The molecule has 10 heteroatoms. The summed E-state index contributed by atoms with van der Waals surface area (Å²) in [7, 11) is 0. The van der Waals surface area contributed by atoms with Crippen LogP contribution in [0.5, 0.6) is 5.75 Å². The predicted molar refractivity (Wildman–Crippen MR) is 113 cm³/mol. The van der Waals surface area contributed by atoms with Crippen molar-refractivity contribution in [2.45, 2.75) is 25.9 Å². The molecule has 0 saturated carbocycles. The topological polar surface area (TPSA) is 61.9 Å². The van der Waals surface area contributed by atoms with E-state index in [1.165, 1.54) is 12.1 Å². The van der Waals surface area contributed by atoms with Gasteiger partial charge in [-0.25, -0.2) is 0 Å². The standard InChI is InChI=1S/C22H23ClF3N3O3/c1-15(27-20(30)18-4-2-3-5-19(18)23)21(31)29-12-10-28(11-13-29)14-16-6-8-17(9-7-16)32-22(24,25)26/h2-9,15H,10-14H2,1H3,(H,27,30). The molecule has 0 bridgehead atoms. The van der Waals surface area contributed by atoms with E-state index in [1.54, 1.807) is 48.2 Å². The molecule has 2 aromatic rings. The average Bonchev–Trinajstić information content (AvgIpc) is 2.74. The highest BCUT2D eigenvalue weighted by Gasteiger charge is 2.31. The molecule has 0 spiro atoms. The van der Waals surface area contributed by atoms with Gasteiger partial charge < -0.3 is 15.0 Å². The summed E-state index contributed by atoms with van der Waals surface area (Å²) in [5.74, 6) is -0.851. The lowest BCUT2D eigenvalue weighted by atomic mass is 10.1. The smallest absolute Gasteiger partial charge is 0.406 e. The van der Waals surface area contributed by atoms with Gasteiger partial charge in [-0.3, -0.25) is 14.5 Å². The van der Waals surface area contributed by atoms with Crippen LogP contribution >= 0.6 is 11.6 Å². The molecule has 32 heavy (non-hydrogen) atoms. The van der Waals surface area contributed by atoms with Crippen molar-refractivity contribution in [3.63, 3.8) is 0 Å². The van der Waals surface area contributed by atoms with Crippen molar-refractivity contribution in [1.82, 2.24) is 15.1 Å². The molecule has 1 saturated heterocycles. The predicted octanol–water partition coefficient (Wildman–Crippen LogP) is 3.70. The first-order valence-electron chi connectivity index (χ1n) is 10.0. The third kappa shape index (κ3) is 6.61. The second-order valence-corrected chi connectivity index (χ2v) is 7.88. The van der Waals surface area contributed by atoms with Gasteiger partial charge in [0.05, 0.1) is 10.6 Å². The van der Waals surface area contributed by atoms with Gasteiger partial charge in [0.1, 0.15) is 11.8 Å². The Morgan fingerprint density at radius 2 is 1.69 bits per heavy atom. The number of nitrogens with zero attached hydrogens (tertiary/aromatic N) is 2. The van der Waals surface area contributed by atoms with Crippen molar-refractivity contribution < 1.29 is 27.5 Å². The number of benzene rings is 2. The second-order valence-electron chi connectivity index (χ2n) is 7.47. The number of hydrogen-bond acceptors (Lipinski definition) is 4. The number of carbonyl (C=O) groups is 2. The molecule has 0 radical (unpaired) electrons. The van der Waals surface area contributed by atoms with Crippen LogP contribution in [0, 0.1) is 0 Å². The Labute approximate surface area is 188 Å². The molecule has 1 aliphatic rings. The van der Waals surface area contributed by atoms with E-state index in [1.807, 2.05) is 0 Å². The fourth-order valence-electron chi connectivity index (χ4n) is 3.44. The van der Waals surface area contributed by atoms with Gasteiger partial charge in [-0.2, -0.15) is 0 Å². The van der Waals surface area contributed by atoms with Crippen LogP contribution in [-0.2, 0) is 11.3 Å². The number of carbonyl (C=O) groups excluding carboxylic acids is 2. The maximum absolute atomic E-state index is 12.7. The van der Waals surface area contributed by atoms with Gasteiger partial charge in [0.2, 0.25) is 5.91 Å². The molecule has 172 valence electrons. The van der Waals surface area contributed by atoms with E-state index in [4.69, 9.17) is 11.6 Å². The molecule has 2 amide bonds. The third-order valence-corrected chi connectivity index (χ3v) is 5.41. The van der Waals surface area contributed by atoms with Crippen molar-refractivity contribution in [3.05, 3.63) is 64.7 Å². The normalized spacial score (nSPS) is 15.8. The maximum Gasteiger partial charge on any atom is 0.573 e. The fourth-order valence-corrected chi connectivity index (χ4v) is 3.66. The fraction of sp³-hybridized carbons (Fsp3) is 0.364. The molecule has 1 heterocycles. The summed E-state index contributed by atoms with van der Waals surface area (Å²) >= 11 is 6.03. The number of hydrogen-bond donors (Lipinski definition) is 1. The molecular weight excluding hydrogens is 447 g/mol. The highest BCUT2D eigenvalue weighted by atomic mass is 35.5. The van der Waals surface area contributed by atoms with Crippen LogP contribution in [0.15, 0.2) is 48.5 Å². The molecule has 1 N–H and O–H groups in total. The summed E-state index contributed by atoms with van der Waals surface area (Å²) in [5, 5.41) is 3.00. The molecule has 1 fully saturated rings. The van der Waals surface area contributed by atoms with E-state index in [0.29, 0.717) is 43.3 Å². The zero-order valence-corrected chi connectivity index (χ0v) is 18.1. The summed E-state index contributed by atoms with van der Waals surface area (Å²) in [5.41, 5.74) is 1.16. The number of halogens is 4. The number of piperazine rings is 1. The van der Waals surface area contributed by atoms with Crippen molar-refractivity contribution >= 4 is 23.4 Å². The Hall–Kier alpha value is -2.78. The molecule has 1 aliphatic heterocycles. The zero-order valence-electron chi connectivity index (χ0n) is 17.4. The highest BCUT2D eigenvalue weighted by molar-refractivity contribution is 6.33. The molecule has 3 rings (SSSR count). The van der Waals surface area contributed by atoms with Crippen LogP contribution in [0.25, 0.3) is 0 Å². The van der Waals surface area contributed by atoms with E-state index in [9.17, 15) is 22.8 Å². The quantitative estimate of drug-likeness (QED) is 0.700. The Morgan fingerprint density at radius 3 is 2.28 bits per heavy atom. The third-order valence-electron chi connectivity index (χ3n) is 5.08. The van der Waals surface area contributed by atoms with Gasteiger partial charge in [0, 0.05) is 32.7 Å². The average molecular weight is 470 g/mol. The maximum atomic E-state index is 12.7. The lowest BCUT2D eigenvalue weighted by molar-refractivity contribution is -0.274. The van der Waals surface area contributed by atoms with Gasteiger partial charge in [0.15, 0.2) is 0 Å². The highest BCUT2D eigenvalue weighted by Crippen LogP contribution is 2.23. The van der Waals surface area contributed by atoms with E-state index < -0.39 is 18.3 Å². The molecule has 6 nitrogen and oxygen atoms in total. The van der Waals surface area contributed by atoms with Gasteiger partial charge in [0.25, 0.3) is 5.91 Å². The van der Waals surface area contributed by atoms with Gasteiger partial charge in [-0.05, 0) is 36.8 Å². The molecule has 2 aromatic carbocycles. The number of alkyl halides is 3. The number of rotatable bonds is 6. The lowest BCUT2D eigenvalue weighted by Gasteiger charge is -2.36. The Bertz CT molecular complexity index is 945. The Kier molecular flexibility index (Phi) is 7.63. The van der Waals surface area contributed by atoms with Crippen LogP contribution in [-0.4, -0.2) is 60.2 Å². The van der Waals surface area contributed by atoms with E-state index in [-0.39, 0.29) is 11.7 Å². The largest absolute Gasteiger partial charge is 0.573 e. The van der Waals surface area contributed by atoms with Gasteiger partial charge >= 0.3 is 6.36 Å². The van der Waals surface area contributed by atoms with Gasteiger partial charge in [-0.15, -0.1) is 13.2 Å². The first-order chi connectivity index (χ1) is 15.1. The van der Waals surface area contributed by atoms with Crippen LogP contribution in [0.4, 0.5) is 13.2 Å². The van der Waals surface area contributed by atoms with Gasteiger partial charge in [-0.1, -0.05) is 35.9 Å². The number of ether oxygens (including phenoxy) is 1. The summed E-state index contributed by atoms with van der Waals surface area (Å²) in [6.45, 7) is 4.37. The summed E-state index contributed by atoms with van der Waals surface area (Å²) < 4.78 is 40.6. The van der Waals surface area contributed by atoms with Crippen LogP contribution in [0.3, 0.4) is 0 Å². The molecule has 1 atom stereocenters. The zero-order chi connectivity index (χ0) is 23.3. The Balaban J connectivity index is 1.47. The van der Waals surface area contributed by atoms with E-state index >= 15 is 0 Å². The molecule has 0 aromatic heterocycles. The van der Waals surface area contributed by atoms with Crippen LogP contribution < -0.4 is 10.1 Å². The summed E-state index contributed by atoms with van der Waals surface area (Å²) in [6.07, 6.45) is -4.71. The first kappa shape index (κ1) is 23.9. The monoisotopic (exact) mass is 469 g/mol. The summed E-state index contributed by atoms with van der Waals surface area (Å²) in [6, 6.07) is 11.7. The van der Waals surface area contributed by atoms with Crippen LogP contribution in [0.1, 0.15) is 22.8 Å². The van der Waals surface area contributed by atoms with Crippen molar-refractivity contribution in [2.24, 2.45) is 0 Å². The Morgan fingerprint density at radius 1 is 1.06 bits per heavy atom. The SMILES string of the molecule is CC(NC(=O)c1ccccc1Cl)C(=O)N1CCN(Cc2ccc(OC(F)(F)F)cc2)CC1. The van der Waals surface area contributed by atoms with Crippen molar-refractivity contribution in [3.8, 4) is 5.75 Å². The molecule has 0 aliphatic carbocycles. The minimum atomic E-state index is -4.71. The molecule has 1 unspecified atom stereocenters. The minimum Gasteiger partial charge on any atom is -0.406 e. The second kappa shape index (κ2) is 10.2. The van der Waals surface area contributed by atoms with Crippen molar-refractivity contribution in [1.29, 1.82) is 0 Å². The minimum absolute atomic E-state index is 0.182. The van der Waals surface area contributed by atoms with E-state index in [2.05, 4.69) is 15.0 Å². The summed E-state index contributed by atoms with van der Waals surface area (Å²) in [4.78, 5) is 28.9. The number of nitrogens with one attached hydrogen (secondary N) is 1. The molecular formula is C22H23ClF3N3O3. The van der Waals surface area contributed by atoms with Crippen molar-refractivity contribution in [2.75, 3.05) is 26.2 Å².